The summed E-state index contributed by atoms with van der Waals surface area (Å²) in [6, 6.07) is 3.29. The Hall–Kier alpha value is -1.53. The monoisotopic (exact) mass is 298 g/mol. The van der Waals surface area contributed by atoms with Crippen molar-refractivity contribution < 1.29 is 18.3 Å². The Morgan fingerprint density at radius 1 is 1.38 bits per heavy atom. The second-order valence-electron chi connectivity index (χ2n) is 5.36. The lowest BCUT2D eigenvalue weighted by Gasteiger charge is -2.27. The molecule has 1 aliphatic heterocycles. The van der Waals surface area contributed by atoms with E-state index in [0.717, 1.165) is 38.0 Å². The Balaban J connectivity index is 1.78. The van der Waals surface area contributed by atoms with Gasteiger partial charge in [-0.2, -0.15) is 0 Å². The molecule has 1 unspecified atom stereocenters. The number of likely N-dealkylation sites (N-methyl/N-ethyl adjacent to an activating group) is 1. The molecule has 0 bridgehead atoms. The fourth-order valence-electron chi connectivity index (χ4n) is 2.38. The normalized spacial score (nSPS) is 18.8. The highest BCUT2D eigenvalue weighted by molar-refractivity contribution is 5.92. The van der Waals surface area contributed by atoms with E-state index in [0.29, 0.717) is 6.54 Å². The van der Waals surface area contributed by atoms with Crippen LogP contribution in [0.3, 0.4) is 0 Å². The van der Waals surface area contributed by atoms with Crippen LogP contribution in [0.2, 0.25) is 0 Å². The van der Waals surface area contributed by atoms with Gasteiger partial charge in [0.1, 0.15) is 0 Å². The summed E-state index contributed by atoms with van der Waals surface area (Å²) in [6.07, 6.45) is 3.42. The summed E-state index contributed by atoms with van der Waals surface area (Å²) < 4.78 is 31.5. The van der Waals surface area contributed by atoms with Gasteiger partial charge in [0, 0.05) is 24.9 Å². The molecule has 0 aliphatic carbocycles. The quantitative estimate of drug-likeness (QED) is 0.907. The van der Waals surface area contributed by atoms with E-state index in [2.05, 4.69) is 5.32 Å². The molecule has 0 aromatic heterocycles. The third-order valence-electron chi connectivity index (χ3n) is 3.41. The summed E-state index contributed by atoms with van der Waals surface area (Å²) in [5.41, 5.74) is 0.251. The maximum Gasteiger partial charge on any atom is 0.238 e. The van der Waals surface area contributed by atoms with Gasteiger partial charge in [0.05, 0.1) is 12.6 Å². The number of benzene rings is 1. The highest BCUT2D eigenvalue weighted by Gasteiger charge is 2.17. The number of halogens is 2. The zero-order valence-electron chi connectivity index (χ0n) is 12.1. The first-order chi connectivity index (χ1) is 10.0. The SMILES string of the molecule is CN(CC(=O)Nc1ccc(F)c(F)c1)CC1CCCCO1. The predicted molar refractivity (Wildman–Crippen MR) is 76.1 cm³/mol. The lowest BCUT2D eigenvalue weighted by Crippen LogP contribution is -2.37. The van der Waals surface area contributed by atoms with Crippen molar-refractivity contribution in [3.63, 3.8) is 0 Å². The molecule has 4 nitrogen and oxygen atoms in total. The molecule has 1 amide bonds. The van der Waals surface area contributed by atoms with Gasteiger partial charge in [-0.25, -0.2) is 8.78 Å². The summed E-state index contributed by atoms with van der Waals surface area (Å²) in [5.74, 6) is -2.17. The van der Waals surface area contributed by atoms with Crippen molar-refractivity contribution in [1.29, 1.82) is 0 Å². The first kappa shape index (κ1) is 15.9. The van der Waals surface area contributed by atoms with Crippen molar-refractivity contribution in [3.05, 3.63) is 29.8 Å². The van der Waals surface area contributed by atoms with E-state index in [9.17, 15) is 13.6 Å². The topological polar surface area (TPSA) is 41.6 Å². The smallest absolute Gasteiger partial charge is 0.238 e. The molecule has 1 aromatic rings. The molecule has 1 saturated heterocycles. The standard InChI is InChI=1S/C15H20F2N2O2/c1-19(9-12-4-2-3-7-21-12)10-15(20)18-11-5-6-13(16)14(17)8-11/h5-6,8,12H,2-4,7,9-10H2,1H3,(H,18,20). The molecule has 1 aliphatic rings. The molecule has 1 heterocycles. The van der Waals surface area contributed by atoms with Crippen molar-refractivity contribution in [2.45, 2.75) is 25.4 Å². The van der Waals surface area contributed by atoms with E-state index < -0.39 is 11.6 Å². The van der Waals surface area contributed by atoms with Crippen LogP contribution in [0.25, 0.3) is 0 Å². The van der Waals surface area contributed by atoms with Gasteiger partial charge in [-0.05, 0) is 38.4 Å². The van der Waals surface area contributed by atoms with Crippen molar-refractivity contribution >= 4 is 11.6 Å². The number of nitrogens with zero attached hydrogens (tertiary/aromatic N) is 1. The number of amides is 1. The van der Waals surface area contributed by atoms with Gasteiger partial charge in [-0.15, -0.1) is 0 Å². The van der Waals surface area contributed by atoms with Gasteiger partial charge < -0.3 is 10.1 Å². The second kappa shape index (κ2) is 7.47. The highest BCUT2D eigenvalue weighted by atomic mass is 19.2. The lowest BCUT2D eigenvalue weighted by molar-refractivity contribution is -0.117. The number of anilines is 1. The van der Waals surface area contributed by atoms with Crippen molar-refractivity contribution in [2.75, 3.05) is 32.1 Å². The van der Waals surface area contributed by atoms with E-state index in [1.165, 1.54) is 6.07 Å². The molecule has 1 fully saturated rings. The van der Waals surface area contributed by atoms with Crippen LogP contribution >= 0.6 is 0 Å². The van der Waals surface area contributed by atoms with E-state index in [1.807, 2.05) is 11.9 Å². The molecule has 1 N–H and O–H groups in total. The van der Waals surface area contributed by atoms with Crippen LogP contribution in [0.4, 0.5) is 14.5 Å². The van der Waals surface area contributed by atoms with E-state index in [-0.39, 0.29) is 24.2 Å². The molecule has 0 radical (unpaired) electrons. The van der Waals surface area contributed by atoms with Crippen LogP contribution in [0.15, 0.2) is 18.2 Å². The summed E-state index contributed by atoms with van der Waals surface area (Å²) in [7, 11) is 1.84. The molecule has 116 valence electrons. The molecule has 1 aromatic carbocycles. The first-order valence-electron chi connectivity index (χ1n) is 7.09. The number of carbonyl (C=O) groups excluding carboxylic acids is 1. The fraction of sp³-hybridized carbons (Fsp3) is 0.533. The number of hydrogen-bond acceptors (Lipinski definition) is 3. The Kier molecular flexibility index (Phi) is 5.64. The Morgan fingerprint density at radius 2 is 2.19 bits per heavy atom. The third-order valence-corrected chi connectivity index (χ3v) is 3.41. The number of rotatable bonds is 5. The maximum absolute atomic E-state index is 13.0. The van der Waals surface area contributed by atoms with Gasteiger partial charge in [0.2, 0.25) is 5.91 Å². The van der Waals surface area contributed by atoms with Crippen LogP contribution in [0.1, 0.15) is 19.3 Å². The fourth-order valence-corrected chi connectivity index (χ4v) is 2.38. The van der Waals surface area contributed by atoms with Gasteiger partial charge in [-0.1, -0.05) is 0 Å². The average Bonchev–Trinajstić information content (AvgIpc) is 2.43. The van der Waals surface area contributed by atoms with Crippen LogP contribution in [0.5, 0.6) is 0 Å². The molecular formula is C15H20F2N2O2. The molecule has 0 saturated carbocycles. The Bertz CT molecular complexity index is 491. The van der Waals surface area contributed by atoms with Gasteiger partial charge in [0.15, 0.2) is 11.6 Å². The van der Waals surface area contributed by atoms with Crippen molar-refractivity contribution in [1.82, 2.24) is 4.90 Å². The second-order valence-corrected chi connectivity index (χ2v) is 5.36. The highest BCUT2D eigenvalue weighted by Crippen LogP contribution is 2.14. The van der Waals surface area contributed by atoms with E-state index >= 15 is 0 Å². The van der Waals surface area contributed by atoms with Gasteiger partial charge in [0.25, 0.3) is 0 Å². The minimum Gasteiger partial charge on any atom is -0.377 e. The van der Waals surface area contributed by atoms with Crippen molar-refractivity contribution in [2.24, 2.45) is 0 Å². The molecular weight excluding hydrogens is 278 g/mol. The lowest BCUT2D eigenvalue weighted by atomic mass is 10.1. The zero-order valence-corrected chi connectivity index (χ0v) is 12.1. The average molecular weight is 298 g/mol. The Morgan fingerprint density at radius 3 is 2.86 bits per heavy atom. The number of nitrogens with one attached hydrogen (secondary N) is 1. The van der Waals surface area contributed by atoms with Crippen LogP contribution in [0, 0.1) is 11.6 Å². The summed E-state index contributed by atoms with van der Waals surface area (Å²) in [5, 5.41) is 2.55. The zero-order chi connectivity index (χ0) is 15.2. The van der Waals surface area contributed by atoms with E-state index in [1.54, 1.807) is 0 Å². The Labute approximate surface area is 123 Å². The van der Waals surface area contributed by atoms with Gasteiger partial charge in [-0.3, -0.25) is 9.69 Å². The molecule has 6 heteroatoms. The largest absolute Gasteiger partial charge is 0.377 e. The maximum atomic E-state index is 13.0. The molecule has 0 spiro atoms. The van der Waals surface area contributed by atoms with Crippen molar-refractivity contribution in [3.8, 4) is 0 Å². The first-order valence-corrected chi connectivity index (χ1v) is 7.09. The van der Waals surface area contributed by atoms with Crippen LogP contribution in [-0.2, 0) is 9.53 Å². The third kappa shape index (κ3) is 5.06. The van der Waals surface area contributed by atoms with Crippen LogP contribution in [-0.4, -0.2) is 43.7 Å². The summed E-state index contributed by atoms with van der Waals surface area (Å²) in [6.45, 7) is 1.64. The minimum absolute atomic E-state index is 0.166. The molecule has 2 rings (SSSR count). The van der Waals surface area contributed by atoms with E-state index in [4.69, 9.17) is 4.74 Å². The summed E-state index contributed by atoms with van der Waals surface area (Å²) in [4.78, 5) is 13.7. The summed E-state index contributed by atoms with van der Waals surface area (Å²) >= 11 is 0. The molecule has 1 atom stereocenters. The number of carbonyl (C=O) groups is 1. The number of hydrogen-bond donors (Lipinski definition) is 1. The van der Waals surface area contributed by atoms with Gasteiger partial charge >= 0.3 is 0 Å². The number of ether oxygens (including phenoxy) is 1. The molecule has 21 heavy (non-hydrogen) atoms. The van der Waals surface area contributed by atoms with Crippen LogP contribution < -0.4 is 5.32 Å². The minimum atomic E-state index is -0.975. The predicted octanol–water partition coefficient (Wildman–Crippen LogP) is 2.40.